The Morgan fingerprint density at radius 2 is 1.93 bits per heavy atom. The summed E-state index contributed by atoms with van der Waals surface area (Å²) in [6.07, 6.45) is 3.25. The summed E-state index contributed by atoms with van der Waals surface area (Å²) in [4.78, 5) is 0. The van der Waals surface area contributed by atoms with Gasteiger partial charge in [-0.3, -0.25) is 0 Å². The van der Waals surface area contributed by atoms with E-state index >= 15 is 0 Å². The van der Waals surface area contributed by atoms with Crippen LogP contribution in [0.1, 0.15) is 12.0 Å². The lowest BCUT2D eigenvalue weighted by atomic mass is 10.0. The number of hydrogen-bond acceptors (Lipinski definition) is 1. The van der Waals surface area contributed by atoms with Gasteiger partial charge in [-0.05, 0) is 36.2 Å². The van der Waals surface area contributed by atoms with Gasteiger partial charge in [0.1, 0.15) is 0 Å². The van der Waals surface area contributed by atoms with E-state index in [0.717, 1.165) is 19.5 Å². The van der Waals surface area contributed by atoms with Crippen molar-refractivity contribution in [1.82, 2.24) is 5.32 Å². The molecule has 0 radical (unpaired) electrons. The largest absolute Gasteiger partial charge is 0.313 e. The molecule has 0 saturated carbocycles. The van der Waals surface area contributed by atoms with Gasteiger partial charge in [0.2, 0.25) is 0 Å². The highest BCUT2D eigenvalue weighted by Crippen LogP contribution is 2.27. The molecule has 4 heteroatoms. The van der Waals surface area contributed by atoms with Crippen LogP contribution in [0.4, 0.5) is 0 Å². The fourth-order valence-corrected chi connectivity index (χ4v) is 1.88. The second-order valence-electron chi connectivity index (χ2n) is 3.31. The van der Waals surface area contributed by atoms with Crippen LogP contribution in [0.2, 0.25) is 10.0 Å². The number of rotatable bonds is 1. The molecule has 0 bridgehead atoms. The minimum atomic E-state index is 0. The summed E-state index contributed by atoms with van der Waals surface area (Å²) in [5.74, 6) is 0. The molecule has 15 heavy (non-hydrogen) atoms. The summed E-state index contributed by atoms with van der Waals surface area (Å²) >= 11 is 11.8. The first-order chi connectivity index (χ1) is 6.77. The Morgan fingerprint density at radius 1 is 1.13 bits per heavy atom. The van der Waals surface area contributed by atoms with Crippen molar-refractivity contribution < 1.29 is 0 Å². The SMILES string of the molecule is Cl.Clc1ccc(C2=CCNCC2)cc1Cl. The molecular formula is C11H12Cl3N. The molecule has 0 saturated heterocycles. The number of nitrogens with one attached hydrogen (secondary N) is 1. The molecule has 2 rings (SSSR count). The molecule has 1 aliphatic rings. The maximum atomic E-state index is 5.96. The molecule has 1 aromatic rings. The third-order valence-electron chi connectivity index (χ3n) is 2.35. The maximum absolute atomic E-state index is 5.96. The Kier molecular flexibility index (Phi) is 4.94. The fourth-order valence-electron chi connectivity index (χ4n) is 1.58. The van der Waals surface area contributed by atoms with E-state index in [0.29, 0.717) is 10.0 Å². The Morgan fingerprint density at radius 3 is 2.53 bits per heavy atom. The van der Waals surface area contributed by atoms with Crippen molar-refractivity contribution in [2.75, 3.05) is 13.1 Å². The summed E-state index contributed by atoms with van der Waals surface area (Å²) in [7, 11) is 0. The predicted molar refractivity (Wildman–Crippen MR) is 69.2 cm³/mol. The molecule has 1 nitrogen and oxygen atoms in total. The standard InChI is InChI=1S/C11H11Cl2N.ClH/c12-10-2-1-9(7-11(10)13)8-3-5-14-6-4-8;/h1-3,7,14H,4-6H2;1H. The Labute approximate surface area is 106 Å². The fraction of sp³-hybridized carbons (Fsp3) is 0.273. The first kappa shape index (κ1) is 12.9. The Balaban J connectivity index is 0.00000112. The van der Waals surface area contributed by atoms with Crippen molar-refractivity contribution in [2.45, 2.75) is 6.42 Å². The normalized spacial score (nSPS) is 15.5. The van der Waals surface area contributed by atoms with E-state index < -0.39 is 0 Å². The van der Waals surface area contributed by atoms with E-state index in [9.17, 15) is 0 Å². The van der Waals surface area contributed by atoms with Crippen LogP contribution in [-0.4, -0.2) is 13.1 Å². The molecule has 0 aromatic heterocycles. The lowest BCUT2D eigenvalue weighted by molar-refractivity contribution is 0.738. The van der Waals surface area contributed by atoms with E-state index in [-0.39, 0.29) is 12.4 Å². The Hall–Kier alpha value is -0.210. The zero-order valence-corrected chi connectivity index (χ0v) is 10.4. The molecule has 0 atom stereocenters. The molecule has 0 fully saturated rings. The molecule has 1 N–H and O–H groups in total. The van der Waals surface area contributed by atoms with Gasteiger partial charge in [-0.25, -0.2) is 0 Å². The highest BCUT2D eigenvalue weighted by molar-refractivity contribution is 6.42. The highest BCUT2D eigenvalue weighted by atomic mass is 35.5. The van der Waals surface area contributed by atoms with Gasteiger partial charge in [0, 0.05) is 6.54 Å². The lowest BCUT2D eigenvalue weighted by Gasteiger charge is -2.14. The van der Waals surface area contributed by atoms with Crippen LogP contribution < -0.4 is 5.32 Å². The Bertz CT molecular complexity index is 374. The number of hydrogen-bond donors (Lipinski definition) is 1. The first-order valence-electron chi connectivity index (χ1n) is 4.62. The smallest absolute Gasteiger partial charge is 0.0598 e. The summed E-state index contributed by atoms with van der Waals surface area (Å²) in [6, 6.07) is 5.80. The van der Waals surface area contributed by atoms with Gasteiger partial charge < -0.3 is 5.32 Å². The molecule has 1 aromatic carbocycles. The van der Waals surface area contributed by atoms with Crippen LogP contribution in [0.3, 0.4) is 0 Å². The first-order valence-corrected chi connectivity index (χ1v) is 5.38. The van der Waals surface area contributed by atoms with Crippen molar-refractivity contribution in [2.24, 2.45) is 0 Å². The van der Waals surface area contributed by atoms with Crippen LogP contribution in [0.5, 0.6) is 0 Å². The lowest BCUT2D eigenvalue weighted by Crippen LogP contribution is -2.19. The molecule has 0 aliphatic carbocycles. The predicted octanol–water partition coefficient (Wildman–Crippen LogP) is 3.79. The average molecular weight is 265 g/mol. The molecule has 82 valence electrons. The summed E-state index contributed by atoms with van der Waals surface area (Å²) in [6.45, 7) is 1.97. The van der Waals surface area contributed by atoms with Gasteiger partial charge in [0.05, 0.1) is 10.0 Å². The summed E-state index contributed by atoms with van der Waals surface area (Å²) < 4.78 is 0. The highest BCUT2D eigenvalue weighted by Gasteiger charge is 2.07. The van der Waals surface area contributed by atoms with E-state index in [2.05, 4.69) is 11.4 Å². The van der Waals surface area contributed by atoms with Crippen molar-refractivity contribution in [3.05, 3.63) is 39.9 Å². The van der Waals surface area contributed by atoms with Crippen molar-refractivity contribution in [3.8, 4) is 0 Å². The third kappa shape index (κ3) is 3.12. The van der Waals surface area contributed by atoms with Gasteiger partial charge in [0.25, 0.3) is 0 Å². The molecule has 1 heterocycles. The minimum Gasteiger partial charge on any atom is -0.313 e. The number of benzene rings is 1. The molecular weight excluding hydrogens is 252 g/mol. The van der Waals surface area contributed by atoms with Gasteiger partial charge >= 0.3 is 0 Å². The van der Waals surface area contributed by atoms with E-state index in [1.165, 1.54) is 11.1 Å². The van der Waals surface area contributed by atoms with Crippen molar-refractivity contribution in [1.29, 1.82) is 0 Å². The quantitative estimate of drug-likeness (QED) is 0.814. The van der Waals surface area contributed by atoms with Crippen LogP contribution in [0.15, 0.2) is 24.3 Å². The van der Waals surface area contributed by atoms with Gasteiger partial charge in [-0.1, -0.05) is 35.3 Å². The molecule has 0 amide bonds. The van der Waals surface area contributed by atoms with E-state index in [1.807, 2.05) is 18.2 Å². The number of halogens is 3. The molecule has 0 unspecified atom stereocenters. The van der Waals surface area contributed by atoms with E-state index in [1.54, 1.807) is 0 Å². The summed E-state index contributed by atoms with van der Waals surface area (Å²) in [5, 5.41) is 4.52. The zero-order chi connectivity index (χ0) is 9.97. The second-order valence-corrected chi connectivity index (χ2v) is 4.13. The van der Waals surface area contributed by atoms with Crippen LogP contribution in [-0.2, 0) is 0 Å². The van der Waals surface area contributed by atoms with Gasteiger partial charge in [-0.2, -0.15) is 0 Å². The topological polar surface area (TPSA) is 12.0 Å². The monoisotopic (exact) mass is 263 g/mol. The minimum absolute atomic E-state index is 0. The zero-order valence-electron chi connectivity index (χ0n) is 8.09. The van der Waals surface area contributed by atoms with Crippen molar-refractivity contribution in [3.63, 3.8) is 0 Å². The van der Waals surface area contributed by atoms with Gasteiger partial charge in [-0.15, -0.1) is 12.4 Å². The average Bonchev–Trinajstić information content (AvgIpc) is 2.23. The molecule has 0 spiro atoms. The van der Waals surface area contributed by atoms with Crippen LogP contribution in [0.25, 0.3) is 5.57 Å². The van der Waals surface area contributed by atoms with Crippen molar-refractivity contribution >= 4 is 41.2 Å². The maximum Gasteiger partial charge on any atom is 0.0598 e. The molecule has 1 aliphatic heterocycles. The van der Waals surface area contributed by atoms with E-state index in [4.69, 9.17) is 23.2 Å². The summed E-state index contributed by atoms with van der Waals surface area (Å²) in [5.41, 5.74) is 2.53. The third-order valence-corrected chi connectivity index (χ3v) is 3.09. The van der Waals surface area contributed by atoms with Crippen LogP contribution >= 0.6 is 35.6 Å². The van der Waals surface area contributed by atoms with Crippen LogP contribution in [0, 0.1) is 0 Å². The second kappa shape index (κ2) is 5.76. The van der Waals surface area contributed by atoms with Gasteiger partial charge in [0.15, 0.2) is 0 Å².